The van der Waals surface area contributed by atoms with Crippen LogP contribution in [0.25, 0.3) is 0 Å². The number of benzene rings is 2. The number of ketones is 1. The Bertz CT molecular complexity index is 1080. The van der Waals surface area contributed by atoms with Crippen LogP contribution in [0.1, 0.15) is 34.7 Å². The van der Waals surface area contributed by atoms with Crippen LogP contribution in [0.3, 0.4) is 0 Å². The molecule has 0 radical (unpaired) electrons. The highest BCUT2D eigenvalue weighted by molar-refractivity contribution is 6.30. The lowest BCUT2D eigenvalue weighted by Gasteiger charge is -2.28. The molecule has 2 bridgehead atoms. The van der Waals surface area contributed by atoms with Crippen molar-refractivity contribution in [3.8, 4) is 0 Å². The van der Waals surface area contributed by atoms with Crippen LogP contribution in [0.5, 0.6) is 0 Å². The Labute approximate surface area is 190 Å². The van der Waals surface area contributed by atoms with E-state index in [1.54, 1.807) is 24.3 Å². The summed E-state index contributed by atoms with van der Waals surface area (Å²) in [6.07, 6.45) is 1.77. The van der Waals surface area contributed by atoms with E-state index in [1.807, 2.05) is 18.2 Å². The fourth-order valence-corrected chi connectivity index (χ4v) is 5.93. The molecule has 1 saturated heterocycles. The van der Waals surface area contributed by atoms with Crippen LogP contribution in [0.15, 0.2) is 54.6 Å². The van der Waals surface area contributed by atoms with Crippen LogP contribution < -0.4 is 0 Å². The number of carbonyl (C=O) groups is 4. The van der Waals surface area contributed by atoms with E-state index in [0.29, 0.717) is 10.6 Å². The van der Waals surface area contributed by atoms with Gasteiger partial charge in [0.25, 0.3) is 0 Å². The van der Waals surface area contributed by atoms with Crippen molar-refractivity contribution >= 4 is 35.2 Å². The largest absolute Gasteiger partial charge is 0.456 e. The van der Waals surface area contributed by atoms with Crippen LogP contribution in [0.4, 0.5) is 0 Å². The molecule has 0 unspecified atom stereocenters. The molecule has 2 aromatic carbocycles. The molecule has 0 aromatic heterocycles. The van der Waals surface area contributed by atoms with E-state index < -0.39 is 19.1 Å². The number of likely N-dealkylation sites (tertiary alicyclic amines) is 1. The first-order chi connectivity index (χ1) is 15.4. The number of hydrogen-bond acceptors (Lipinski definition) is 5. The van der Waals surface area contributed by atoms with E-state index in [0.717, 1.165) is 17.7 Å². The summed E-state index contributed by atoms with van der Waals surface area (Å²) in [6.45, 7) is -0.904. The van der Waals surface area contributed by atoms with Crippen LogP contribution in [-0.2, 0) is 19.1 Å². The Morgan fingerprint density at radius 2 is 1.62 bits per heavy atom. The van der Waals surface area contributed by atoms with Gasteiger partial charge in [0.05, 0.1) is 11.8 Å². The molecule has 32 heavy (non-hydrogen) atoms. The van der Waals surface area contributed by atoms with Crippen molar-refractivity contribution in [1.29, 1.82) is 0 Å². The van der Waals surface area contributed by atoms with Crippen molar-refractivity contribution in [2.24, 2.45) is 23.7 Å². The maximum absolute atomic E-state index is 13.1. The molecule has 2 aliphatic carbocycles. The molecular weight excluding hydrogens is 430 g/mol. The van der Waals surface area contributed by atoms with Gasteiger partial charge >= 0.3 is 5.97 Å². The molecule has 3 fully saturated rings. The van der Waals surface area contributed by atoms with E-state index in [9.17, 15) is 19.2 Å². The molecule has 7 heteroatoms. The second-order valence-corrected chi connectivity index (χ2v) is 9.25. The number of imide groups is 1. The molecule has 5 atom stereocenters. The summed E-state index contributed by atoms with van der Waals surface area (Å²) in [5, 5.41) is 0.499. The first-order valence-electron chi connectivity index (χ1n) is 10.8. The molecule has 2 aromatic rings. The fourth-order valence-electron chi connectivity index (χ4n) is 5.80. The standard InChI is InChI=1S/C25H22ClNO5/c26-17-8-6-15(7-9-17)20(28)13-32-21(29)12-27-24(30)22-16-10-18(14-4-2-1-3-5-14)19(11-16)23(22)25(27)31/h1-9,16,18-19,22-23H,10-13H2/t16-,18-,19+,22-,23-/m1/s1. The highest BCUT2D eigenvalue weighted by Gasteiger charge is 2.64. The molecule has 2 saturated carbocycles. The Kier molecular flexibility index (Phi) is 5.33. The number of carbonyl (C=O) groups excluding carboxylic acids is 4. The van der Waals surface area contributed by atoms with E-state index in [2.05, 4.69) is 12.1 Å². The molecular formula is C25H22ClNO5. The second-order valence-electron chi connectivity index (χ2n) is 8.82. The number of halogens is 1. The maximum Gasteiger partial charge on any atom is 0.326 e. The summed E-state index contributed by atoms with van der Waals surface area (Å²) in [4.78, 5) is 51.6. The zero-order valence-corrected chi connectivity index (χ0v) is 18.0. The number of rotatable bonds is 6. The summed E-state index contributed by atoms with van der Waals surface area (Å²) >= 11 is 5.81. The van der Waals surface area contributed by atoms with Gasteiger partial charge in [-0.2, -0.15) is 0 Å². The third-order valence-corrected chi connectivity index (χ3v) is 7.40. The van der Waals surface area contributed by atoms with Crippen LogP contribution >= 0.6 is 11.6 Å². The van der Waals surface area contributed by atoms with E-state index in [-0.39, 0.29) is 47.2 Å². The number of fused-ring (bicyclic) bond motifs is 5. The number of nitrogens with zero attached hydrogens (tertiary/aromatic N) is 1. The highest BCUT2D eigenvalue weighted by atomic mass is 35.5. The quantitative estimate of drug-likeness (QED) is 0.381. The normalized spacial score (nSPS) is 28.2. The van der Waals surface area contributed by atoms with E-state index in [4.69, 9.17) is 16.3 Å². The average molecular weight is 452 g/mol. The monoisotopic (exact) mass is 451 g/mol. The van der Waals surface area contributed by atoms with Crippen molar-refractivity contribution in [1.82, 2.24) is 4.90 Å². The van der Waals surface area contributed by atoms with Crippen molar-refractivity contribution in [3.63, 3.8) is 0 Å². The smallest absolute Gasteiger partial charge is 0.326 e. The van der Waals surface area contributed by atoms with Gasteiger partial charge in [-0.3, -0.25) is 24.1 Å². The van der Waals surface area contributed by atoms with Crippen LogP contribution in [0, 0.1) is 23.7 Å². The summed E-state index contributed by atoms with van der Waals surface area (Å²) in [5.41, 5.74) is 1.57. The predicted octanol–water partition coefficient (Wildman–Crippen LogP) is 3.49. The number of ether oxygens (including phenoxy) is 1. The molecule has 2 amide bonds. The number of amides is 2. The summed E-state index contributed by atoms with van der Waals surface area (Å²) in [5.74, 6) is -1.85. The molecule has 0 spiro atoms. The molecule has 3 aliphatic rings. The zero-order valence-electron chi connectivity index (χ0n) is 17.3. The molecule has 1 heterocycles. The van der Waals surface area contributed by atoms with E-state index in [1.165, 1.54) is 5.56 Å². The molecule has 164 valence electrons. The molecule has 5 rings (SSSR count). The average Bonchev–Trinajstić information content (AvgIpc) is 3.46. The minimum Gasteiger partial charge on any atom is -0.456 e. The first kappa shape index (κ1) is 20.9. The van der Waals surface area contributed by atoms with Crippen LogP contribution in [0.2, 0.25) is 5.02 Å². The van der Waals surface area contributed by atoms with Gasteiger partial charge in [0.2, 0.25) is 11.8 Å². The zero-order chi connectivity index (χ0) is 22.4. The SMILES string of the molecule is O=C(CN1C(=O)[C@@H]2[C@H]3C[C@H]([C@H]2C1=O)[C@@H](c1ccccc1)C3)OCC(=O)c1ccc(Cl)cc1. The molecule has 6 nitrogen and oxygen atoms in total. The lowest BCUT2D eigenvalue weighted by molar-refractivity contribution is -0.152. The van der Waals surface area contributed by atoms with Crippen molar-refractivity contribution in [2.75, 3.05) is 13.2 Å². The summed E-state index contributed by atoms with van der Waals surface area (Å²) in [6, 6.07) is 16.4. The van der Waals surface area contributed by atoms with Crippen LogP contribution in [-0.4, -0.2) is 41.6 Å². The Morgan fingerprint density at radius 1 is 0.938 bits per heavy atom. The molecule has 1 aliphatic heterocycles. The van der Waals surface area contributed by atoms with Gasteiger partial charge in [-0.1, -0.05) is 41.9 Å². The molecule has 0 N–H and O–H groups in total. The van der Waals surface area contributed by atoms with Gasteiger partial charge in [0.1, 0.15) is 6.54 Å². The predicted molar refractivity (Wildman–Crippen MR) is 116 cm³/mol. The number of esters is 1. The number of hydrogen-bond donors (Lipinski definition) is 0. The lowest BCUT2D eigenvalue weighted by Crippen LogP contribution is -2.38. The first-order valence-corrected chi connectivity index (χ1v) is 11.2. The third-order valence-electron chi connectivity index (χ3n) is 7.15. The third kappa shape index (κ3) is 3.52. The topological polar surface area (TPSA) is 80.8 Å². The maximum atomic E-state index is 13.1. The lowest BCUT2D eigenvalue weighted by atomic mass is 9.73. The van der Waals surface area contributed by atoms with Crippen molar-refractivity contribution in [2.45, 2.75) is 18.8 Å². The van der Waals surface area contributed by atoms with Gasteiger partial charge in [0.15, 0.2) is 12.4 Å². The van der Waals surface area contributed by atoms with Crippen molar-refractivity contribution < 1.29 is 23.9 Å². The van der Waals surface area contributed by atoms with Crippen molar-refractivity contribution in [3.05, 3.63) is 70.7 Å². The van der Waals surface area contributed by atoms with Gasteiger partial charge in [0, 0.05) is 10.6 Å². The Morgan fingerprint density at radius 3 is 2.34 bits per heavy atom. The van der Waals surface area contributed by atoms with Gasteiger partial charge in [-0.05, 0) is 60.4 Å². The van der Waals surface area contributed by atoms with Gasteiger partial charge in [-0.15, -0.1) is 0 Å². The fraction of sp³-hybridized carbons (Fsp3) is 0.360. The number of Topliss-reactive ketones (excluding diaryl/α,β-unsaturated/α-hetero) is 1. The second kappa shape index (κ2) is 8.17. The minimum absolute atomic E-state index is 0.122. The minimum atomic E-state index is -0.763. The Balaban J connectivity index is 1.22. The van der Waals surface area contributed by atoms with Gasteiger partial charge < -0.3 is 4.74 Å². The van der Waals surface area contributed by atoms with E-state index >= 15 is 0 Å². The van der Waals surface area contributed by atoms with Gasteiger partial charge in [-0.25, -0.2) is 0 Å². The Hall–Kier alpha value is -2.99. The summed E-state index contributed by atoms with van der Waals surface area (Å²) < 4.78 is 5.06. The highest BCUT2D eigenvalue weighted by Crippen LogP contribution is 2.61. The summed E-state index contributed by atoms with van der Waals surface area (Å²) in [7, 11) is 0.